The number of benzene rings is 1. The Kier molecular flexibility index (Phi) is 3.21. The SMILES string of the molecule is N#Cc1cc(C#N)cc(/C=C/C(N)=O)c1. The van der Waals surface area contributed by atoms with Crippen molar-refractivity contribution in [1.82, 2.24) is 0 Å². The molecule has 0 heterocycles. The minimum Gasteiger partial charge on any atom is -0.366 e. The summed E-state index contributed by atoms with van der Waals surface area (Å²) in [6.07, 6.45) is 2.64. The third-order valence-corrected chi connectivity index (χ3v) is 1.65. The van der Waals surface area contributed by atoms with Crippen LogP contribution in [-0.2, 0) is 4.79 Å². The van der Waals surface area contributed by atoms with Gasteiger partial charge in [-0.3, -0.25) is 4.79 Å². The van der Waals surface area contributed by atoms with Crippen LogP contribution in [0, 0.1) is 22.7 Å². The maximum Gasteiger partial charge on any atom is 0.241 e. The molecule has 1 aromatic carbocycles. The predicted octanol–water partition coefficient (Wildman–Crippen LogP) is 0.928. The Balaban J connectivity index is 3.15. The quantitative estimate of drug-likeness (QED) is 0.715. The fourth-order valence-electron chi connectivity index (χ4n) is 1.06. The molecule has 0 saturated carbocycles. The minimum atomic E-state index is -0.573. The van der Waals surface area contributed by atoms with E-state index in [-0.39, 0.29) is 0 Å². The van der Waals surface area contributed by atoms with Crippen molar-refractivity contribution in [2.45, 2.75) is 0 Å². The Morgan fingerprint density at radius 3 is 2.13 bits per heavy atom. The van der Waals surface area contributed by atoms with Crippen LogP contribution in [0.2, 0.25) is 0 Å². The third-order valence-electron chi connectivity index (χ3n) is 1.65. The monoisotopic (exact) mass is 197 g/mol. The van der Waals surface area contributed by atoms with Gasteiger partial charge in [-0.05, 0) is 29.8 Å². The van der Waals surface area contributed by atoms with Gasteiger partial charge in [0.2, 0.25) is 5.91 Å². The van der Waals surface area contributed by atoms with Gasteiger partial charge < -0.3 is 5.73 Å². The van der Waals surface area contributed by atoms with Gasteiger partial charge in [0.15, 0.2) is 0 Å². The average Bonchev–Trinajstić information content (AvgIpc) is 2.25. The topological polar surface area (TPSA) is 90.7 Å². The summed E-state index contributed by atoms with van der Waals surface area (Å²) in [4.78, 5) is 10.5. The Morgan fingerprint density at radius 2 is 1.73 bits per heavy atom. The second-order valence-electron chi connectivity index (χ2n) is 2.80. The number of nitrogens with zero attached hydrogens (tertiary/aromatic N) is 2. The van der Waals surface area contributed by atoms with Crippen LogP contribution in [0.1, 0.15) is 16.7 Å². The molecule has 0 saturated heterocycles. The fraction of sp³-hybridized carbons (Fsp3) is 0. The molecule has 0 aliphatic carbocycles. The second-order valence-corrected chi connectivity index (χ2v) is 2.80. The predicted molar refractivity (Wildman–Crippen MR) is 54.1 cm³/mol. The first-order valence-corrected chi connectivity index (χ1v) is 4.08. The van der Waals surface area contributed by atoms with Crippen molar-refractivity contribution in [3.05, 3.63) is 41.0 Å². The van der Waals surface area contributed by atoms with Crippen molar-refractivity contribution < 1.29 is 4.79 Å². The third kappa shape index (κ3) is 2.98. The van der Waals surface area contributed by atoms with Gasteiger partial charge in [-0.25, -0.2) is 0 Å². The van der Waals surface area contributed by atoms with Crippen LogP contribution in [0.25, 0.3) is 6.08 Å². The molecule has 0 unspecified atom stereocenters. The van der Waals surface area contributed by atoms with Crippen molar-refractivity contribution in [3.63, 3.8) is 0 Å². The first-order chi connectivity index (χ1) is 7.15. The fourth-order valence-corrected chi connectivity index (χ4v) is 1.06. The summed E-state index contributed by atoms with van der Waals surface area (Å²) in [7, 11) is 0. The number of primary amides is 1. The highest BCUT2D eigenvalue weighted by molar-refractivity contribution is 5.90. The summed E-state index contributed by atoms with van der Waals surface area (Å²) >= 11 is 0. The zero-order valence-electron chi connectivity index (χ0n) is 7.77. The molecule has 0 spiro atoms. The maximum absolute atomic E-state index is 10.5. The van der Waals surface area contributed by atoms with Gasteiger partial charge in [-0.2, -0.15) is 10.5 Å². The number of nitrogens with two attached hydrogens (primary N) is 1. The van der Waals surface area contributed by atoms with Gasteiger partial charge in [0.1, 0.15) is 0 Å². The van der Waals surface area contributed by atoms with Crippen LogP contribution in [0.5, 0.6) is 0 Å². The van der Waals surface area contributed by atoms with Gasteiger partial charge in [0, 0.05) is 6.08 Å². The molecule has 1 amide bonds. The molecule has 0 radical (unpaired) electrons. The van der Waals surface area contributed by atoms with E-state index in [1.54, 1.807) is 12.1 Å². The molecular formula is C11H7N3O. The molecule has 2 N–H and O–H groups in total. The second kappa shape index (κ2) is 4.59. The number of nitriles is 2. The van der Waals surface area contributed by atoms with Gasteiger partial charge >= 0.3 is 0 Å². The number of hydrogen-bond donors (Lipinski definition) is 1. The highest BCUT2D eigenvalue weighted by Crippen LogP contribution is 2.10. The normalized spacial score (nSPS) is 9.47. The van der Waals surface area contributed by atoms with E-state index in [1.165, 1.54) is 18.2 Å². The van der Waals surface area contributed by atoms with Gasteiger partial charge in [0.05, 0.1) is 23.3 Å². The lowest BCUT2D eigenvalue weighted by Gasteiger charge is -1.95. The van der Waals surface area contributed by atoms with E-state index in [4.69, 9.17) is 16.3 Å². The lowest BCUT2D eigenvalue weighted by molar-refractivity contribution is -0.113. The highest BCUT2D eigenvalue weighted by atomic mass is 16.1. The van der Waals surface area contributed by atoms with E-state index in [2.05, 4.69) is 0 Å². The number of rotatable bonds is 2. The lowest BCUT2D eigenvalue weighted by Crippen LogP contribution is -2.05. The molecule has 0 aromatic heterocycles. The molecule has 0 aliphatic rings. The van der Waals surface area contributed by atoms with Gasteiger partial charge in [0.25, 0.3) is 0 Å². The molecule has 1 rings (SSSR count). The van der Waals surface area contributed by atoms with Crippen LogP contribution in [-0.4, -0.2) is 5.91 Å². The van der Waals surface area contributed by atoms with Crippen molar-refractivity contribution >= 4 is 12.0 Å². The summed E-state index contributed by atoms with van der Waals surface area (Å²) < 4.78 is 0. The molecule has 0 fully saturated rings. The Labute approximate surface area is 86.9 Å². The number of hydrogen-bond acceptors (Lipinski definition) is 3. The first kappa shape index (κ1) is 10.5. The van der Waals surface area contributed by atoms with Crippen molar-refractivity contribution in [1.29, 1.82) is 10.5 Å². The van der Waals surface area contributed by atoms with Crippen LogP contribution in [0.15, 0.2) is 24.3 Å². The Morgan fingerprint density at radius 1 is 1.20 bits per heavy atom. The van der Waals surface area contributed by atoms with Crippen molar-refractivity contribution in [3.8, 4) is 12.1 Å². The molecule has 0 atom stereocenters. The molecule has 72 valence electrons. The largest absolute Gasteiger partial charge is 0.366 e. The van der Waals surface area contributed by atoms with Crippen LogP contribution in [0.4, 0.5) is 0 Å². The number of amides is 1. The molecule has 0 bridgehead atoms. The standard InChI is InChI=1S/C11H7N3O/c12-6-9-3-8(1-2-11(14)15)4-10(5-9)7-13/h1-5H,(H2,14,15)/b2-1+. The Hall–Kier alpha value is -2.59. The molecular weight excluding hydrogens is 190 g/mol. The van der Waals surface area contributed by atoms with Crippen molar-refractivity contribution in [2.24, 2.45) is 5.73 Å². The first-order valence-electron chi connectivity index (χ1n) is 4.08. The number of carbonyl (C=O) groups excluding carboxylic acids is 1. The summed E-state index contributed by atoms with van der Waals surface area (Å²) in [5.74, 6) is -0.573. The van der Waals surface area contributed by atoms with Crippen LogP contribution < -0.4 is 5.73 Å². The Bertz CT molecular complexity index is 471. The lowest BCUT2D eigenvalue weighted by atomic mass is 10.1. The van der Waals surface area contributed by atoms with Gasteiger partial charge in [-0.1, -0.05) is 0 Å². The molecule has 4 nitrogen and oxygen atoms in total. The van der Waals surface area contributed by atoms with E-state index in [0.717, 1.165) is 0 Å². The van der Waals surface area contributed by atoms with E-state index in [9.17, 15) is 4.79 Å². The molecule has 15 heavy (non-hydrogen) atoms. The van der Waals surface area contributed by atoms with E-state index in [1.807, 2.05) is 12.1 Å². The molecule has 4 heteroatoms. The van der Waals surface area contributed by atoms with E-state index >= 15 is 0 Å². The van der Waals surface area contributed by atoms with E-state index in [0.29, 0.717) is 16.7 Å². The van der Waals surface area contributed by atoms with Crippen molar-refractivity contribution in [2.75, 3.05) is 0 Å². The summed E-state index contributed by atoms with van der Waals surface area (Å²) in [6, 6.07) is 8.47. The smallest absolute Gasteiger partial charge is 0.241 e. The highest BCUT2D eigenvalue weighted by Gasteiger charge is 1.98. The zero-order chi connectivity index (χ0) is 11.3. The summed E-state index contributed by atoms with van der Waals surface area (Å²) in [5, 5.41) is 17.4. The maximum atomic E-state index is 10.5. The van der Waals surface area contributed by atoms with E-state index < -0.39 is 5.91 Å². The summed E-state index contributed by atoms with van der Waals surface area (Å²) in [6.45, 7) is 0. The molecule has 0 aliphatic heterocycles. The number of carbonyl (C=O) groups is 1. The van der Waals surface area contributed by atoms with Crippen LogP contribution >= 0.6 is 0 Å². The zero-order valence-corrected chi connectivity index (χ0v) is 7.77. The molecule has 1 aromatic rings. The summed E-state index contributed by atoms with van der Waals surface area (Å²) in [5.41, 5.74) is 6.27. The minimum absolute atomic E-state index is 0.373. The van der Waals surface area contributed by atoms with Gasteiger partial charge in [-0.15, -0.1) is 0 Å². The van der Waals surface area contributed by atoms with Crippen LogP contribution in [0.3, 0.4) is 0 Å². The average molecular weight is 197 g/mol.